The van der Waals surface area contributed by atoms with Gasteiger partial charge in [0.1, 0.15) is 0 Å². The summed E-state index contributed by atoms with van der Waals surface area (Å²) in [6.07, 6.45) is -3.80. The molecule has 9 heteroatoms. The molecule has 5 nitrogen and oxygen atoms in total. The van der Waals surface area contributed by atoms with E-state index in [0.29, 0.717) is 6.07 Å². The van der Waals surface area contributed by atoms with Gasteiger partial charge in [-0.1, -0.05) is 11.6 Å². The monoisotopic (exact) mass is 266 g/mol. The number of nitrogens with zero attached hydrogens (tertiary/aromatic N) is 2. The number of hydrogen-bond acceptors (Lipinski definition) is 4. The first kappa shape index (κ1) is 13.1. The van der Waals surface area contributed by atoms with Crippen LogP contribution in [0.4, 0.5) is 24.5 Å². The summed E-state index contributed by atoms with van der Waals surface area (Å²) in [6, 6.07) is 0.701. The minimum absolute atomic E-state index is 0.252. The highest BCUT2D eigenvalue weighted by molar-refractivity contribution is 6.33. The maximum absolute atomic E-state index is 12.3. The smallest absolute Gasteiger partial charge is 0.258 e. The Morgan fingerprint density at radius 3 is 2.41 bits per heavy atom. The van der Waals surface area contributed by atoms with Gasteiger partial charge >= 0.3 is 6.18 Å². The molecule has 1 aromatic rings. The molecular weight excluding hydrogens is 265 g/mol. The van der Waals surface area contributed by atoms with Crippen LogP contribution < -0.4 is 0 Å². The van der Waals surface area contributed by atoms with Crippen molar-refractivity contribution in [1.82, 2.24) is 0 Å². The Morgan fingerprint density at radius 2 is 2.00 bits per heavy atom. The van der Waals surface area contributed by atoms with Crippen LogP contribution >= 0.6 is 11.6 Å². The fourth-order valence-electron chi connectivity index (χ4n) is 1.04. The van der Waals surface area contributed by atoms with Gasteiger partial charge in [-0.2, -0.15) is 18.2 Å². The van der Waals surface area contributed by atoms with E-state index in [1.165, 1.54) is 0 Å². The number of carbonyl (C=O) groups excluding carboxylic acids is 1. The van der Waals surface area contributed by atoms with Crippen molar-refractivity contribution in [3.05, 3.63) is 32.8 Å². The van der Waals surface area contributed by atoms with E-state index in [-0.39, 0.29) is 6.07 Å². The number of halogens is 4. The third-order valence-corrected chi connectivity index (χ3v) is 2.01. The molecule has 0 unspecified atom stereocenters. The van der Waals surface area contributed by atoms with Gasteiger partial charge in [0.15, 0.2) is 5.69 Å². The lowest BCUT2D eigenvalue weighted by molar-refractivity contribution is -0.384. The normalized spacial score (nSPS) is 10.8. The second-order valence-electron chi connectivity index (χ2n) is 2.78. The third kappa shape index (κ3) is 2.80. The topological polar surface area (TPSA) is 72.6 Å². The molecule has 0 aliphatic heterocycles. The van der Waals surface area contributed by atoms with Crippen molar-refractivity contribution in [1.29, 1.82) is 0 Å². The Bertz CT molecular complexity index is 523. The van der Waals surface area contributed by atoms with Gasteiger partial charge in [-0.3, -0.25) is 10.1 Å². The molecule has 0 spiro atoms. The molecule has 0 aromatic heterocycles. The molecule has 1 aromatic carbocycles. The molecule has 17 heavy (non-hydrogen) atoms. The van der Waals surface area contributed by atoms with Crippen LogP contribution in [-0.2, 0) is 11.0 Å². The number of rotatable bonds is 2. The van der Waals surface area contributed by atoms with E-state index < -0.39 is 33.1 Å². The maximum atomic E-state index is 12.3. The first-order valence-electron chi connectivity index (χ1n) is 3.90. The predicted octanol–water partition coefficient (Wildman–Crippen LogP) is 3.23. The van der Waals surface area contributed by atoms with Crippen LogP contribution in [0.15, 0.2) is 17.1 Å². The molecule has 0 atom stereocenters. The molecule has 0 saturated heterocycles. The van der Waals surface area contributed by atoms with Crippen molar-refractivity contribution in [2.75, 3.05) is 0 Å². The molecule has 1 rings (SSSR count). The van der Waals surface area contributed by atoms with Crippen LogP contribution in [0.5, 0.6) is 0 Å². The molecule has 0 fully saturated rings. The van der Waals surface area contributed by atoms with E-state index in [9.17, 15) is 28.1 Å². The number of nitro groups is 1. The summed E-state index contributed by atoms with van der Waals surface area (Å²) in [7, 11) is 0. The minimum atomic E-state index is -4.78. The average molecular weight is 267 g/mol. The largest absolute Gasteiger partial charge is 0.416 e. The summed E-state index contributed by atoms with van der Waals surface area (Å²) in [6.45, 7) is 0. The quantitative estimate of drug-likeness (QED) is 0.357. The first-order chi connectivity index (χ1) is 7.77. The second kappa shape index (κ2) is 4.52. The van der Waals surface area contributed by atoms with E-state index in [1.54, 1.807) is 0 Å². The maximum Gasteiger partial charge on any atom is 0.416 e. The number of isocyanates is 1. The van der Waals surface area contributed by atoms with E-state index in [4.69, 9.17) is 11.6 Å². The molecule has 0 aliphatic rings. The minimum Gasteiger partial charge on any atom is -0.258 e. The molecule has 0 bridgehead atoms. The SMILES string of the molecule is O=C=Nc1c(Cl)cc(C(F)(F)F)cc1[N+](=O)[O-]. The lowest BCUT2D eigenvalue weighted by atomic mass is 10.1. The Balaban J connectivity index is 3.57. The first-order valence-corrected chi connectivity index (χ1v) is 4.28. The Kier molecular flexibility index (Phi) is 3.50. The summed E-state index contributed by atoms with van der Waals surface area (Å²) < 4.78 is 37.0. The van der Waals surface area contributed by atoms with Gasteiger partial charge in [0, 0.05) is 6.07 Å². The van der Waals surface area contributed by atoms with Crippen molar-refractivity contribution in [2.24, 2.45) is 4.99 Å². The molecular formula is C8H2ClF3N2O3. The fraction of sp³-hybridized carbons (Fsp3) is 0.125. The van der Waals surface area contributed by atoms with Crippen molar-refractivity contribution in [3.8, 4) is 0 Å². The molecule has 90 valence electrons. The van der Waals surface area contributed by atoms with Gasteiger partial charge in [0.25, 0.3) is 5.69 Å². The van der Waals surface area contributed by atoms with Gasteiger partial charge in [-0.05, 0) is 6.07 Å². The zero-order chi connectivity index (χ0) is 13.2. The van der Waals surface area contributed by atoms with E-state index >= 15 is 0 Å². The number of benzene rings is 1. The molecule has 0 amide bonds. The molecule has 0 aliphatic carbocycles. The van der Waals surface area contributed by atoms with E-state index in [2.05, 4.69) is 4.99 Å². The van der Waals surface area contributed by atoms with Crippen LogP contribution in [-0.4, -0.2) is 11.0 Å². The van der Waals surface area contributed by atoms with Crippen molar-refractivity contribution >= 4 is 29.1 Å². The Hall–Kier alpha value is -1.92. The van der Waals surface area contributed by atoms with Crippen LogP contribution in [0, 0.1) is 10.1 Å². The Morgan fingerprint density at radius 1 is 1.41 bits per heavy atom. The van der Waals surface area contributed by atoms with Crippen LogP contribution in [0.3, 0.4) is 0 Å². The zero-order valence-corrected chi connectivity index (χ0v) is 8.54. The predicted molar refractivity (Wildman–Crippen MR) is 50.9 cm³/mol. The molecule has 0 N–H and O–H groups in total. The summed E-state index contributed by atoms with van der Waals surface area (Å²) in [5.41, 5.74) is -2.95. The highest BCUT2D eigenvalue weighted by Crippen LogP contribution is 2.40. The van der Waals surface area contributed by atoms with Gasteiger partial charge in [0.2, 0.25) is 6.08 Å². The summed E-state index contributed by atoms with van der Waals surface area (Å²) in [5.74, 6) is 0. The van der Waals surface area contributed by atoms with Gasteiger partial charge in [0.05, 0.1) is 15.5 Å². The number of aliphatic imine (C=N–C) groups is 1. The van der Waals surface area contributed by atoms with E-state index in [1.807, 2.05) is 0 Å². The van der Waals surface area contributed by atoms with Gasteiger partial charge in [-0.15, -0.1) is 0 Å². The number of hydrogen-bond donors (Lipinski definition) is 0. The average Bonchev–Trinajstić information content (AvgIpc) is 2.18. The molecule has 0 radical (unpaired) electrons. The second-order valence-corrected chi connectivity index (χ2v) is 3.19. The lowest BCUT2D eigenvalue weighted by Gasteiger charge is -2.07. The third-order valence-electron chi connectivity index (χ3n) is 1.72. The Labute approximate surface area is 96.7 Å². The zero-order valence-electron chi connectivity index (χ0n) is 7.79. The molecule has 0 saturated carbocycles. The van der Waals surface area contributed by atoms with Crippen molar-refractivity contribution in [2.45, 2.75) is 6.18 Å². The summed E-state index contributed by atoms with van der Waals surface area (Å²) in [4.78, 5) is 22.3. The summed E-state index contributed by atoms with van der Waals surface area (Å²) >= 11 is 5.39. The van der Waals surface area contributed by atoms with Gasteiger partial charge < -0.3 is 0 Å². The van der Waals surface area contributed by atoms with Crippen molar-refractivity contribution < 1.29 is 22.9 Å². The van der Waals surface area contributed by atoms with E-state index in [0.717, 1.165) is 6.08 Å². The fourth-order valence-corrected chi connectivity index (χ4v) is 1.30. The standard InChI is InChI=1S/C8H2ClF3N2O3/c9-5-1-4(8(10,11)12)2-6(14(16)17)7(5)13-3-15/h1-2H. The number of nitro benzene ring substituents is 1. The lowest BCUT2D eigenvalue weighted by Crippen LogP contribution is -2.05. The summed E-state index contributed by atoms with van der Waals surface area (Å²) in [5, 5.41) is 9.87. The van der Waals surface area contributed by atoms with Crippen LogP contribution in [0.1, 0.15) is 5.56 Å². The highest BCUT2D eigenvalue weighted by atomic mass is 35.5. The van der Waals surface area contributed by atoms with Crippen molar-refractivity contribution in [3.63, 3.8) is 0 Å². The number of alkyl halides is 3. The highest BCUT2D eigenvalue weighted by Gasteiger charge is 2.34. The van der Waals surface area contributed by atoms with Gasteiger partial charge in [-0.25, -0.2) is 4.79 Å². The molecule has 0 heterocycles. The van der Waals surface area contributed by atoms with Crippen LogP contribution in [0.2, 0.25) is 5.02 Å². The van der Waals surface area contributed by atoms with Crippen LogP contribution in [0.25, 0.3) is 0 Å².